The lowest BCUT2D eigenvalue weighted by Gasteiger charge is -2.19. The maximum Gasteiger partial charge on any atom is 0.0332 e. The van der Waals surface area contributed by atoms with Gasteiger partial charge in [0, 0.05) is 18.8 Å². The van der Waals surface area contributed by atoms with Gasteiger partial charge in [-0.2, -0.15) is 0 Å². The Morgan fingerprint density at radius 2 is 2.05 bits per heavy atom. The van der Waals surface area contributed by atoms with E-state index in [9.17, 15) is 0 Å². The average molecular weight is 306 g/mol. The van der Waals surface area contributed by atoms with Crippen molar-refractivity contribution < 1.29 is 0 Å². The number of aryl methyl sites for hydroxylation is 2. The van der Waals surface area contributed by atoms with Crippen molar-refractivity contribution in [2.75, 3.05) is 13.1 Å². The molecule has 0 aromatic heterocycles. The summed E-state index contributed by atoms with van der Waals surface area (Å²) in [4.78, 5) is 0. The normalized spacial score (nSPS) is 20.4. The fourth-order valence-electron chi connectivity index (χ4n) is 3.24. The molecule has 1 aliphatic rings. The van der Waals surface area contributed by atoms with Crippen molar-refractivity contribution in [3.05, 3.63) is 34.9 Å². The predicted molar refractivity (Wildman–Crippen MR) is 95.7 cm³/mol. The molecule has 0 N–H and O–H groups in total. The fraction of sp³-hybridized carbons (Fsp3) is 0.684. The van der Waals surface area contributed by atoms with Gasteiger partial charge in [-0.05, 0) is 55.2 Å². The van der Waals surface area contributed by atoms with Crippen molar-refractivity contribution >= 4 is 11.9 Å². The van der Waals surface area contributed by atoms with Gasteiger partial charge in [0.1, 0.15) is 0 Å². The van der Waals surface area contributed by atoms with Gasteiger partial charge >= 0.3 is 0 Å². The highest BCUT2D eigenvalue weighted by atomic mass is 32.2. The quantitative estimate of drug-likeness (QED) is 0.629. The number of benzene rings is 1. The van der Waals surface area contributed by atoms with Crippen LogP contribution in [0.2, 0.25) is 0 Å². The summed E-state index contributed by atoms with van der Waals surface area (Å²) in [5.74, 6) is 2.09. The van der Waals surface area contributed by atoms with E-state index in [4.69, 9.17) is 0 Å². The van der Waals surface area contributed by atoms with Gasteiger partial charge < -0.3 is 0 Å². The van der Waals surface area contributed by atoms with E-state index in [1.807, 2.05) is 11.9 Å². The van der Waals surface area contributed by atoms with Crippen molar-refractivity contribution in [3.63, 3.8) is 0 Å². The van der Waals surface area contributed by atoms with E-state index in [0.717, 1.165) is 11.7 Å². The Balaban J connectivity index is 1.83. The highest BCUT2D eigenvalue weighted by Gasteiger charge is 2.15. The van der Waals surface area contributed by atoms with Gasteiger partial charge in [-0.15, -0.1) is 0 Å². The molecule has 21 heavy (non-hydrogen) atoms. The number of nitrogens with zero attached hydrogens (tertiary/aromatic N) is 1. The first kappa shape index (κ1) is 16.9. The summed E-state index contributed by atoms with van der Waals surface area (Å²) in [5.41, 5.74) is 4.47. The first-order valence-electron chi connectivity index (χ1n) is 8.69. The Labute approximate surface area is 135 Å². The second-order valence-electron chi connectivity index (χ2n) is 6.42. The van der Waals surface area contributed by atoms with Gasteiger partial charge in [0.15, 0.2) is 0 Å². The van der Waals surface area contributed by atoms with E-state index >= 15 is 0 Å². The van der Waals surface area contributed by atoms with E-state index in [0.29, 0.717) is 0 Å². The third-order valence-electron chi connectivity index (χ3n) is 4.72. The summed E-state index contributed by atoms with van der Waals surface area (Å²) in [5, 5.41) is 0. The van der Waals surface area contributed by atoms with Crippen molar-refractivity contribution in [1.29, 1.82) is 0 Å². The summed E-state index contributed by atoms with van der Waals surface area (Å²) >= 11 is 2.04. The molecule has 0 amide bonds. The minimum absolute atomic E-state index is 0.964. The van der Waals surface area contributed by atoms with Crippen LogP contribution in [-0.2, 0) is 12.2 Å². The topological polar surface area (TPSA) is 3.24 Å². The summed E-state index contributed by atoms with van der Waals surface area (Å²) < 4.78 is 2.60. The molecule has 0 radical (unpaired) electrons. The largest absolute Gasteiger partial charge is 0.250 e. The molecular formula is C19H31NS. The lowest BCUT2D eigenvalue weighted by Crippen LogP contribution is -2.17. The third kappa shape index (κ3) is 5.34. The summed E-state index contributed by atoms with van der Waals surface area (Å²) in [6.07, 6.45) is 8.00. The van der Waals surface area contributed by atoms with E-state index in [-0.39, 0.29) is 0 Å². The Bertz CT molecular complexity index is 430. The molecule has 1 atom stereocenters. The first-order valence-corrected chi connectivity index (χ1v) is 9.63. The molecule has 0 bridgehead atoms. The zero-order valence-electron chi connectivity index (χ0n) is 14.0. The summed E-state index contributed by atoms with van der Waals surface area (Å²) in [6.45, 7) is 9.40. The van der Waals surface area contributed by atoms with Crippen LogP contribution in [0.4, 0.5) is 0 Å². The smallest absolute Gasteiger partial charge is 0.0332 e. The van der Waals surface area contributed by atoms with Gasteiger partial charge in [0.2, 0.25) is 0 Å². The molecule has 2 rings (SSSR count). The van der Waals surface area contributed by atoms with Crippen molar-refractivity contribution in [3.8, 4) is 0 Å². The van der Waals surface area contributed by atoms with Crippen LogP contribution < -0.4 is 0 Å². The number of hydrogen-bond donors (Lipinski definition) is 0. The molecule has 1 saturated heterocycles. The summed E-state index contributed by atoms with van der Waals surface area (Å²) in [6, 6.07) is 7.06. The molecule has 1 aromatic rings. The van der Waals surface area contributed by atoms with Crippen LogP contribution in [0.5, 0.6) is 0 Å². The molecule has 1 fully saturated rings. The Kier molecular flexibility index (Phi) is 7.12. The Morgan fingerprint density at radius 1 is 1.19 bits per heavy atom. The summed E-state index contributed by atoms with van der Waals surface area (Å²) in [7, 11) is 0. The van der Waals surface area contributed by atoms with E-state index < -0.39 is 0 Å². The standard InChI is InChI=1S/C19H31NS/c1-4-7-19-10-9-18(14-16(19)3)15-21-20-12-6-8-17(5-2)11-13-20/h9-10,14,17H,4-8,11-13,15H2,1-3H3. The van der Waals surface area contributed by atoms with Crippen LogP contribution in [0, 0.1) is 12.8 Å². The van der Waals surface area contributed by atoms with Gasteiger partial charge in [-0.1, -0.05) is 56.8 Å². The average Bonchev–Trinajstić information content (AvgIpc) is 2.73. The van der Waals surface area contributed by atoms with Crippen LogP contribution >= 0.6 is 11.9 Å². The van der Waals surface area contributed by atoms with Crippen molar-refractivity contribution in [1.82, 2.24) is 4.31 Å². The van der Waals surface area contributed by atoms with Gasteiger partial charge in [0.05, 0.1) is 0 Å². The molecule has 1 nitrogen and oxygen atoms in total. The molecule has 0 spiro atoms. The molecule has 1 unspecified atom stereocenters. The minimum atomic E-state index is 0.964. The van der Waals surface area contributed by atoms with Crippen LogP contribution in [-0.4, -0.2) is 17.4 Å². The highest BCUT2D eigenvalue weighted by molar-refractivity contribution is 7.96. The predicted octanol–water partition coefficient (Wildman–Crippen LogP) is 5.61. The zero-order valence-corrected chi connectivity index (χ0v) is 14.8. The van der Waals surface area contributed by atoms with E-state index in [1.54, 1.807) is 0 Å². The van der Waals surface area contributed by atoms with Crippen LogP contribution in [0.1, 0.15) is 62.6 Å². The van der Waals surface area contributed by atoms with E-state index in [1.165, 1.54) is 68.3 Å². The van der Waals surface area contributed by atoms with Crippen molar-refractivity contribution in [2.24, 2.45) is 5.92 Å². The minimum Gasteiger partial charge on any atom is -0.250 e. The monoisotopic (exact) mass is 305 g/mol. The molecule has 118 valence electrons. The molecule has 1 heterocycles. The molecule has 0 aliphatic carbocycles. The van der Waals surface area contributed by atoms with Crippen molar-refractivity contribution in [2.45, 2.75) is 65.0 Å². The Morgan fingerprint density at radius 3 is 2.76 bits per heavy atom. The van der Waals surface area contributed by atoms with E-state index in [2.05, 4.69) is 43.3 Å². The molecule has 1 aliphatic heterocycles. The van der Waals surface area contributed by atoms with Crippen LogP contribution in [0.15, 0.2) is 18.2 Å². The molecule has 2 heteroatoms. The highest BCUT2D eigenvalue weighted by Crippen LogP contribution is 2.26. The maximum atomic E-state index is 2.60. The molecule has 1 aromatic carbocycles. The molecule has 0 saturated carbocycles. The second-order valence-corrected chi connectivity index (χ2v) is 7.48. The molecular weight excluding hydrogens is 274 g/mol. The third-order valence-corrected chi connectivity index (χ3v) is 5.92. The number of rotatable bonds is 6. The number of hydrogen-bond acceptors (Lipinski definition) is 2. The fourth-order valence-corrected chi connectivity index (χ4v) is 4.24. The van der Waals surface area contributed by atoms with Gasteiger partial charge in [-0.25, -0.2) is 0 Å². The second kappa shape index (κ2) is 8.85. The Hall–Kier alpha value is -0.470. The zero-order chi connectivity index (χ0) is 15.1. The first-order chi connectivity index (χ1) is 10.2. The lowest BCUT2D eigenvalue weighted by atomic mass is 9.98. The SMILES string of the molecule is CCCc1ccc(CSN2CCCC(CC)CC2)cc1C. The van der Waals surface area contributed by atoms with Crippen LogP contribution in [0.3, 0.4) is 0 Å². The van der Waals surface area contributed by atoms with Gasteiger partial charge in [-0.3, -0.25) is 4.31 Å². The lowest BCUT2D eigenvalue weighted by molar-refractivity contribution is 0.439. The van der Waals surface area contributed by atoms with Gasteiger partial charge in [0.25, 0.3) is 0 Å². The van der Waals surface area contributed by atoms with Crippen LogP contribution in [0.25, 0.3) is 0 Å². The maximum absolute atomic E-state index is 2.60.